The van der Waals surface area contributed by atoms with Crippen LogP contribution in [-0.2, 0) is 47.2 Å². The van der Waals surface area contributed by atoms with E-state index in [2.05, 4.69) is 41.5 Å². The van der Waals surface area contributed by atoms with Crippen molar-refractivity contribution in [2.75, 3.05) is 39.6 Å². The van der Waals surface area contributed by atoms with Crippen molar-refractivity contribution in [1.82, 2.24) is 0 Å². The van der Waals surface area contributed by atoms with E-state index in [0.29, 0.717) is 73.2 Å². The van der Waals surface area contributed by atoms with Gasteiger partial charge in [0.25, 0.3) is 0 Å². The molecule has 0 aromatic rings. The molecule has 0 spiro atoms. The molecule has 0 aliphatic carbocycles. The minimum absolute atomic E-state index is 0. The molecule has 0 aromatic carbocycles. The van der Waals surface area contributed by atoms with Crippen molar-refractivity contribution in [3.8, 4) is 0 Å². The van der Waals surface area contributed by atoms with Gasteiger partial charge in [0, 0.05) is 39.6 Å². The SMILES string of the molecule is CCCCCCCCCCCC(CCCC1CCO1)OC(CCCCCCCCCCC)CCCC1CCO1.CCCCCCCCCCCC(CCCC1CCO1)OC(CCCCCCCCCCC)CCCC1CCO1.CCCCCCCCCCCC(CCCC1CCO1)OC(CCCCCCCCCCC)CCCC1CCO1.O=P([O-])([O-])[O-].[Na+].[Na+].[Na+]. The van der Waals surface area contributed by atoms with E-state index in [1.165, 1.54) is 539 Å². The van der Waals surface area contributed by atoms with Crippen LogP contribution in [0.2, 0.25) is 0 Å². The van der Waals surface area contributed by atoms with Crippen molar-refractivity contribution in [1.29, 1.82) is 0 Å². The van der Waals surface area contributed by atoms with Gasteiger partial charge in [0.05, 0.1) is 73.2 Å². The van der Waals surface area contributed by atoms with E-state index in [0.717, 1.165) is 39.6 Å². The van der Waals surface area contributed by atoms with Gasteiger partial charge in [-0.3, -0.25) is 0 Å². The molecule has 6 fully saturated rings. The second-order valence-electron chi connectivity index (χ2n) is 39.6. The molecule has 0 N–H and O–H groups in total. The Labute approximate surface area is 844 Å². The fraction of sp³-hybridized carbons (Fsp3) is 1.00. The molecule has 6 aliphatic rings. The second-order valence-corrected chi connectivity index (χ2v) is 40.5. The number of hydrogen-bond acceptors (Lipinski definition) is 13. The number of phosphoric acid groups is 1. The normalized spacial score (nSPS) is 19.6. The minimum Gasteiger partial charge on any atom is -0.822 e. The molecular formula is C108H210Na3O13P. The summed E-state index contributed by atoms with van der Waals surface area (Å²) >= 11 is 0. The fourth-order valence-corrected chi connectivity index (χ4v) is 19.1. The summed E-state index contributed by atoms with van der Waals surface area (Å²) in [6.07, 6.45) is 120. The van der Waals surface area contributed by atoms with Gasteiger partial charge in [0.2, 0.25) is 0 Å². The average molecular weight is 1820 g/mol. The first-order chi connectivity index (χ1) is 59.9. The van der Waals surface area contributed by atoms with Crippen LogP contribution in [-0.4, -0.2) is 113 Å². The number of rotatable bonds is 90. The van der Waals surface area contributed by atoms with E-state index in [1.807, 2.05) is 0 Å². The molecule has 17 heteroatoms. The molecule has 6 aliphatic heterocycles. The van der Waals surface area contributed by atoms with E-state index < -0.39 is 7.82 Å². The van der Waals surface area contributed by atoms with E-state index >= 15 is 0 Å². The summed E-state index contributed by atoms with van der Waals surface area (Å²) in [5.74, 6) is 0. The molecule has 728 valence electrons. The van der Waals surface area contributed by atoms with Gasteiger partial charge in [-0.2, -0.15) is 7.82 Å². The van der Waals surface area contributed by atoms with E-state index in [9.17, 15) is 0 Å². The molecular weight excluding hydrogens is 1610 g/mol. The molecule has 0 saturated carbocycles. The first-order valence-corrected chi connectivity index (χ1v) is 56.8. The Kier molecular flexibility index (Phi) is 99.1. The van der Waals surface area contributed by atoms with Crippen molar-refractivity contribution in [3.05, 3.63) is 0 Å². The number of unbranched alkanes of at least 4 members (excludes halogenated alkanes) is 48. The van der Waals surface area contributed by atoms with Crippen molar-refractivity contribution in [2.45, 2.75) is 654 Å². The molecule has 12 atom stereocenters. The van der Waals surface area contributed by atoms with Crippen molar-refractivity contribution >= 4 is 7.82 Å². The van der Waals surface area contributed by atoms with Gasteiger partial charge >= 0.3 is 88.7 Å². The first-order valence-electron chi connectivity index (χ1n) is 55.3. The molecule has 6 saturated heterocycles. The Morgan fingerprint density at radius 2 is 0.296 bits per heavy atom. The van der Waals surface area contributed by atoms with Crippen LogP contribution in [0.15, 0.2) is 0 Å². The maximum absolute atomic E-state index is 8.55. The second kappa shape index (κ2) is 97.0. The summed E-state index contributed by atoms with van der Waals surface area (Å²) in [5.41, 5.74) is 0. The quantitative estimate of drug-likeness (QED) is 0.0321. The minimum atomic E-state index is -5.39. The smallest absolute Gasteiger partial charge is 0.822 e. The zero-order valence-electron chi connectivity index (χ0n) is 85.3. The topological polar surface area (TPSA) is 169 Å². The maximum atomic E-state index is 8.55. The van der Waals surface area contributed by atoms with Gasteiger partial charge < -0.3 is 61.9 Å². The number of hydrogen-bond donors (Lipinski definition) is 0. The summed E-state index contributed by atoms with van der Waals surface area (Å²) in [6, 6.07) is 0. The monoisotopic (exact) mass is 1820 g/mol. The Morgan fingerprint density at radius 1 is 0.200 bits per heavy atom. The number of ether oxygens (including phenoxy) is 9. The summed E-state index contributed by atoms with van der Waals surface area (Å²) in [7, 11) is -5.39. The predicted molar refractivity (Wildman–Crippen MR) is 514 cm³/mol. The standard InChI is InChI=1S/3C36H70O3.3Na.H3O4P/c3*1-3-5-7-9-11-13-15-17-19-23-35(27-21-25-33-29-31-37-33)39-36(28-22-26-34-30-32-38-34)24-20-18-16-14-12-10-8-6-4-2;;;;1-5(2,3)4/h3*33-36H,3-32H2,1-2H3;;;;(H3,1,2,3,4)/q;;;3*+1;/p-3. The van der Waals surface area contributed by atoms with Gasteiger partial charge in [-0.15, -0.1) is 0 Å². The Bertz CT molecular complexity index is 1780. The fourth-order valence-electron chi connectivity index (χ4n) is 19.1. The average Bonchev–Trinajstić information content (AvgIpc) is 0.931. The predicted octanol–water partition coefficient (Wildman–Crippen LogP) is 22.7. The van der Waals surface area contributed by atoms with Gasteiger partial charge in [-0.25, -0.2) is 0 Å². The molecule has 6 rings (SSSR count). The summed E-state index contributed by atoms with van der Waals surface area (Å²) in [4.78, 5) is 25.6. The molecule has 12 unspecified atom stereocenters. The molecule has 0 amide bonds. The van der Waals surface area contributed by atoms with Crippen molar-refractivity contribution < 1.29 is 151 Å². The molecule has 13 nitrogen and oxygen atoms in total. The van der Waals surface area contributed by atoms with Crippen LogP contribution in [0.4, 0.5) is 0 Å². The van der Waals surface area contributed by atoms with E-state index in [-0.39, 0.29) is 88.7 Å². The maximum Gasteiger partial charge on any atom is 1.00 e. The zero-order valence-corrected chi connectivity index (χ0v) is 92.2. The zero-order chi connectivity index (χ0) is 87.4. The molecule has 125 heavy (non-hydrogen) atoms. The third kappa shape index (κ3) is 84.5. The van der Waals surface area contributed by atoms with Gasteiger partial charge in [-0.05, 0) is 193 Å². The van der Waals surface area contributed by atoms with Gasteiger partial charge in [0.1, 0.15) is 0 Å². The largest absolute Gasteiger partial charge is 1.00 e. The molecule has 0 bridgehead atoms. The van der Waals surface area contributed by atoms with Crippen LogP contribution in [0, 0.1) is 0 Å². The first kappa shape index (κ1) is 128. The van der Waals surface area contributed by atoms with Crippen LogP contribution in [0.3, 0.4) is 0 Å². The van der Waals surface area contributed by atoms with Crippen LogP contribution in [0.1, 0.15) is 581 Å². The van der Waals surface area contributed by atoms with Crippen LogP contribution in [0.25, 0.3) is 0 Å². The summed E-state index contributed by atoms with van der Waals surface area (Å²) in [5, 5.41) is 0. The van der Waals surface area contributed by atoms with Crippen LogP contribution < -0.4 is 103 Å². The van der Waals surface area contributed by atoms with E-state index in [1.54, 1.807) is 0 Å². The van der Waals surface area contributed by atoms with Crippen molar-refractivity contribution in [2.24, 2.45) is 0 Å². The Balaban J connectivity index is 0.00000177. The Morgan fingerprint density at radius 3 is 0.392 bits per heavy atom. The Hall–Kier alpha value is 2.75. The van der Waals surface area contributed by atoms with Gasteiger partial charge in [0.15, 0.2) is 0 Å². The van der Waals surface area contributed by atoms with Gasteiger partial charge in [-0.1, -0.05) is 388 Å². The van der Waals surface area contributed by atoms with Crippen LogP contribution >= 0.6 is 7.82 Å². The third-order valence-electron chi connectivity index (χ3n) is 28.0. The molecule has 6 heterocycles. The molecule has 0 aromatic heterocycles. The van der Waals surface area contributed by atoms with Crippen molar-refractivity contribution in [3.63, 3.8) is 0 Å². The summed E-state index contributed by atoms with van der Waals surface area (Å²) in [6.45, 7) is 19.7. The van der Waals surface area contributed by atoms with E-state index in [4.69, 9.17) is 61.9 Å². The molecule has 0 radical (unpaired) electrons. The summed E-state index contributed by atoms with van der Waals surface area (Å²) < 4.78 is 63.7. The van der Waals surface area contributed by atoms with Crippen LogP contribution in [0.5, 0.6) is 0 Å². The third-order valence-corrected chi connectivity index (χ3v) is 28.0.